The minimum absolute atomic E-state index is 0.496. The molecule has 0 aliphatic rings. The van der Waals surface area contributed by atoms with Gasteiger partial charge in [-0.3, -0.25) is 0 Å². The van der Waals surface area contributed by atoms with Gasteiger partial charge in [0.1, 0.15) is 0 Å². The normalized spacial score (nSPS) is 13.6. The smallest absolute Gasteiger partial charge is 0.212 e. The van der Waals surface area contributed by atoms with Crippen LogP contribution in [-0.2, 0) is 10.0 Å². The van der Waals surface area contributed by atoms with Crippen LogP contribution in [0.1, 0.15) is 34.1 Å². The molecule has 0 spiro atoms. The predicted molar refractivity (Wildman–Crippen MR) is 61.3 cm³/mol. The Balaban J connectivity index is 4.68. The molecule has 86 valence electrons. The number of sulfonamides is 1. The summed E-state index contributed by atoms with van der Waals surface area (Å²) in [5.74, 6) is 0.496. The van der Waals surface area contributed by atoms with E-state index in [-0.39, 0.29) is 0 Å². The second kappa shape index (κ2) is 5.33. The van der Waals surface area contributed by atoms with Crippen molar-refractivity contribution in [3.8, 4) is 0 Å². The molecule has 0 saturated heterocycles. The maximum Gasteiger partial charge on any atom is 0.219 e. The molecule has 0 aromatic rings. The van der Waals surface area contributed by atoms with Crippen LogP contribution >= 0.6 is 11.6 Å². The third-order valence-electron chi connectivity index (χ3n) is 2.01. The van der Waals surface area contributed by atoms with Crippen LogP contribution in [0, 0.1) is 0 Å². The molecule has 0 N–H and O–H groups in total. The molecular weight excluding hydrogens is 222 g/mol. The third-order valence-corrected chi connectivity index (χ3v) is 4.94. The molecule has 0 aliphatic heterocycles. The molecule has 0 heterocycles. The van der Waals surface area contributed by atoms with E-state index in [9.17, 15) is 8.42 Å². The van der Waals surface area contributed by atoms with Crippen LogP contribution < -0.4 is 0 Å². The Morgan fingerprint density at radius 3 is 2.07 bits per heavy atom. The van der Waals surface area contributed by atoms with Crippen LogP contribution in [0.2, 0.25) is 0 Å². The minimum Gasteiger partial charge on any atom is -0.212 e. The van der Waals surface area contributed by atoms with Gasteiger partial charge in [-0.05, 0) is 27.2 Å². The molecule has 0 amide bonds. The van der Waals surface area contributed by atoms with Gasteiger partial charge in [0, 0.05) is 19.0 Å². The molecule has 0 unspecified atom stereocenters. The molecule has 3 nitrogen and oxygen atoms in total. The van der Waals surface area contributed by atoms with E-state index in [0.29, 0.717) is 25.4 Å². The highest BCUT2D eigenvalue weighted by Gasteiger charge is 2.33. The summed E-state index contributed by atoms with van der Waals surface area (Å²) < 4.78 is 24.7. The zero-order chi connectivity index (χ0) is 11.4. The number of hydrogen-bond acceptors (Lipinski definition) is 2. The van der Waals surface area contributed by atoms with Gasteiger partial charge in [0.25, 0.3) is 0 Å². The number of halogens is 1. The van der Waals surface area contributed by atoms with Crippen molar-refractivity contribution in [3.05, 3.63) is 0 Å². The molecule has 0 fully saturated rings. The highest BCUT2D eigenvalue weighted by Crippen LogP contribution is 2.20. The second-order valence-electron chi connectivity index (χ2n) is 4.15. The Kier molecular flexibility index (Phi) is 5.41. The van der Waals surface area contributed by atoms with Gasteiger partial charge in [-0.2, -0.15) is 0 Å². The SMILES string of the molecule is CCN(CCCCl)S(=O)(=O)C(C)(C)C. The summed E-state index contributed by atoms with van der Waals surface area (Å²) in [6.45, 7) is 8.01. The van der Waals surface area contributed by atoms with Crippen molar-refractivity contribution >= 4 is 21.6 Å². The molecule has 0 aromatic heterocycles. The molecule has 5 heteroatoms. The van der Waals surface area contributed by atoms with E-state index in [2.05, 4.69) is 0 Å². The lowest BCUT2D eigenvalue weighted by atomic mass is 10.3. The van der Waals surface area contributed by atoms with Crippen molar-refractivity contribution < 1.29 is 8.42 Å². The fraction of sp³-hybridized carbons (Fsp3) is 1.00. The second-order valence-corrected chi connectivity index (χ2v) is 7.22. The molecular formula is C9H20ClNO2S. The van der Waals surface area contributed by atoms with Gasteiger partial charge in [0.2, 0.25) is 10.0 Å². The molecule has 0 atom stereocenters. The van der Waals surface area contributed by atoms with Crippen molar-refractivity contribution in [2.45, 2.75) is 38.9 Å². The van der Waals surface area contributed by atoms with Crippen molar-refractivity contribution in [3.63, 3.8) is 0 Å². The monoisotopic (exact) mass is 241 g/mol. The van der Waals surface area contributed by atoms with Crippen molar-refractivity contribution in [2.75, 3.05) is 19.0 Å². The number of alkyl halides is 1. The summed E-state index contributed by atoms with van der Waals surface area (Å²) in [4.78, 5) is 0. The number of nitrogens with zero attached hydrogens (tertiary/aromatic N) is 1. The Bertz CT molecular complexity index is 256. The van der Waals surface area contributed by atoms with Gasteiger partial charge in [-0.15, -0.1) is 11.6 Å². The lowest BCUT2D eigenvalue weighted by Gasteiger charge is -2.28. The first-order valence-corrected chi connectivity index (χ1v) is 6.80. The van der Waals surface area contributed by atoms with Crippen molar-refractivity contribution in [1.29, 1.82) is 0 Å². The molecule has 0 bridgehead atoms. The predicted octanol–water partition coefficient (Wildman–Crippen LogP) is 2.07. The maximum absolute atomic E-state index is 12.0. The largest absolute Gasteiger partial charge is 0.219 e. The third kappa shape index (κ3) is 3.41. The fourth-order valence-electron chi connectivity index (χ4n) is 1.07. The Hall–Kier alpha value is 0.200. The van der Waals surface area contributed by atoms with Crippen LogP contribution in [0.4, 0.5) is 0 Å². The van der Waals surface area contributed by atoms with Crippen molar-refractivity contribution in [1.82, 2.24) is 4.31 Å². The summed E-state index contributed by atoms with van der Waals surface area (Å²) in [6.07, 6.45) is 0.699. The summed E-state index contributed by atoms with van der Waals surface area (Å²) in [5.41, 5.74) is 0. The number of hydrogen-bond donors (Lipinski definition) is 0. The van der Waals surface area contributed by atoms with E-state index >= 15 is 0 Å². The van der Waals surface area contributed by atoms with E-state index in [1.807, 2.05) is 6.92 Å². The van der Waals surface area contributed by atoms with E-state index in [1.165, 1.54) is 4.31 Å². The number of rotatable bonds is 5. The van der Waals surface area contributed by atoms with Crippen LogP contribution in [0.5, 0.6) is 0 Å². The first-order valence-electron chi connectivity index (χ1n) is 4.83. The fourth-order valence-corrected chi connectivity index (χ4v) is 2.68. The highest BCUT2D eigenvalue weighted by molar-refractivity contribution is 7.90. The van der Waals surface area contributed by atoms with Crippen LogP contribution in [0.3, 0.4) is 0 Å². The van der Waals surface area contributed by atoms with E-state index in [1.54, 1.807) is 20.8 Å². The standard InChI is InChI=1S/C9H20ClNO2S/c1-5-11(8-6-7-10)14(12,13)9(2,3)4/h5-8H2,1-4H3. The van der Waals surface area contributed by atoms with E-state index in [4.69, 9.17) is 11.6 Å². The van der Waals surface area contributed by atoms with Crippen molar-refractivity contribution in [2.24, 2.45) is 0 Å². The maximum atomic E-state index is 12.0. The summed E-state index contributed by atoms with van der Waals surface area (Å²) in [5, 5.41) is 0. The van der Waals surface area contributed by atoms with Gasteiger partial charge in [0.15, 0.2) is 0 Å². The lowest BCUT2D eigenvalue weighted by molar-refractivity contribution is 0.409. The van der Waals surface area contributed by atoms with Crippen LogP contribution in [0.15, 0.2) is 0 Å². The summed E-state index contributed by atoms with van der Waals surface area (Å²) in [7, 11) is -3.19. The minimum atomic E-state index is -3.19. The molecule has 0 rings (SSSR count). The zero-order valence-corrected chi connectivity index (χ0v) is 11.0. The van der Waals surface area contributed by atoms with E-state index in [0.717, 1.165) is 0 Å². The summed E-state index contributed by atoms with van der Waals surface area (Å²) in [6, 6.07) is 0. The quantitative estimate of drug-likeness (QED) is 0.691. The van der Waals surface area contributed by atoms with Gasteiger partial charge in [-0.25, -0.2) is 12.7 Å². The first kappa shape index (κ1) is 14.2. The Morgan fingerprint density at radius 2 is 1.79 bits per heavy atom. The molecule has 0 aromatic carbocycles. The summed E-state index contributed by atoms with van der Waals surface area (Å²) >= 11 is 5.55. The van der Waals surface area contributed by atoms with E-state index < -0.39 is 14.8 Å². The van der Waals surface area contributed by atoms with Gasteiger partial charge < -0.3 is 0 Å². The molecule has 0 radical (unpaired) electrons. The molecule has 0 saturated carbocycles. The average molecular weight is 242 g/mol. The Morgan fingerprint density at radius 1 is 1.29 bits per heavy atom. The average Bonchev–Trinajstić information content (AvgIpc) is 2.03. The molecule has 14 heavy (non-hydrogen) atoms. The van der Waals surface area contributed by atoms with Gasteiger partial charge in [-0.1, -0.05) is 6.92 Å². The van der Waals surface area contributed by atoms with Crippen LogP contribution in [-0.4, -0.2) is 36.4 Å². The Labute approximate surface area is 92.5 Å². The highest BCUT2D eigenvalue weighted by atomic mass is 35.5. The first-order chi connectivity index (χ1) is 6.27. The zero-order valence-electron chi connectivity index (χ0n) is 9.38. The van der Waals surface area contributed by atoms with Gasteiger partial charge >= 0.3 is 0 Å². The lowest BCUT2D eigenvalue weighted by Crippen LogP contribution is -2.43. The topological polar surface area (TPSA) is 37.4 Å². The van der Waals surface area contributed by atoms with Gasteiger partial charge in [0.05, 0.1) is 4.75 Å². The van der Waals surface area contributed by atoms with Crippen LogP contribution in [0.25, 0.3) is 0 Å². The molecule has 0 aliphatic carbocycles.